The Bertz CT molecular complexity index is 553. The van der Waals surface area contributed by atoms with E-state index >= 15 is 0 Å². The number of alkyl halides is 3. The van der Waals surface area contributed by atoms with Gasteiger partial charge in [-0.3, -0.25) is 4.79 Å². The summed E-state index contributed by atoms with van der Waals surface area (Å²) in [6, 6.07) is 5.75. The lowest BCUT2D eigenvalue weighted by Gasteiger charge is -2.33. The molecule has 1 saturated heterocycles. The standard InChI is InChI=1S/C18H22F3NO/c1-2-6-17(23)22-12-5-7-14(13-22)10-11-15-8-3-4-9-16(15)18(19,20)21/h2-4,8-9,14H,1,5-7,10-13H2. The van der Waals surface area contributed by atoms with Gasteiger partial charge in [-0.05, 0) is 43.2 Å². The Morgan fingerprint density at radius 1 is 1.35 bits per heavy atom. The number of rotatable bonds is 5. The van der Waals surface area contributed by atoms with Crippen LogP contribution in [0.5, 0.6) is 0 Å². The molecule has 0 aromatic heterocycles. The molecule has 0 bridgehead atoms. The number of hydrogen-bond acceptors (Lipinski definition) is 1. The van der Waals surface area contributed by atoms with Gasteiger partial charge in [-0.25, -0.2) is 0 Å². The molecule has 1 atom stereocenters. The highest BCUT2D eigenvalue weighted by molar-refractivity contribution is 5.77. The maximum atomic E-state index is 13.0. The highest BCUT2D eigenvalue weighted by atomic mass is 19.4. The number of likely N-dealkylation sites (tertiary alicyclic amines) is 1. The van der Waals surface area contributed by atoms with Crippen molar-refractivity contribution in [1.29, 1.82) is 0 Å². The van der Waals surface area contributed by atoms with Crippen LogP contribution in [0.2, 0.25) is 0 Å². The average molecular weight is 325 g/mol. The minimum absolute atomic E-state index is 0.0559. The van der Waals surface area contributed by atoms with E-state index in [9.17, 15) is 18.0 Å². The normalized spacial score (nSPS) is 18.7. The second-order valence-corrected chi connectivity index (χ2v) is 6.03. The molecule has 0 N–H and O–H groups in total. The first-order chi connectivity index (χ1) is 10.9. The molecule has 0 spiro atoms. The summed E-state index contributed by atoms with van der Waals surface area (Å²) in [5.74, 6) is 0.319. The smallest absolute Gasteiger partial charge is 0.342 e. The van der Waals surface area contributed by atoms with E-state index in [0.29, 0.717) is 31.4 Å². The van der Waals surface area contributed by atoms with Gasteiger partial charge in [0.05, 0.1) is 5.56 Å². The molecule has 1 aromatic carbocycles. The van der Waals surface area contributed by atoms with Gasteiger partial charge in [-0.15, -0.1) is 6.58 Å². The second kappa shape index (κ2) is 7.66. The largest absolute Gasteiger partial charge is 0.416 e. The van der Waals surface area contributed by atoms with Gasteiger partial charge in [-0.2, -0.15) is 13.2 Å². The van der Waals surface area contributed by atoms with Crippen molar-refractivity contribution in [2.24, 2.45) is 5.92 Å². The molecule has 23 heavy (non-hydrogen) atoms. The topological polar surface area (TPSA) is 20.3 Å². The van der Waals surface area contributed by atoms with Gasteiger partial charge in [-0.1, -0.05) is 24.3 Å². The third-order valence-electron chi connectivity index (χ3n) is 4.34. The highest BCUT2D eigenvalue weighted by Gasteiger charge is 2.33. The minimum Gasteiger partial charge on any atom is -0.342 e. The maximum absolute atomic E-state index is 13.0. The van der Waals surface area contributed by atoms with Gasteiger partial charge in [0, 0.05) is 19.5 Å². The molecule has 1 aliphatic heterocycles. The van der Waals surface area contributed by atoms with Crippen LogP contribution in [0.4, 0.5) is 13.2 Å². The summed E-state index contributed by atoms with van der Waals surface area (Å²) in [6.07, 6.45) is 0.541. The Balaban J connectivity index is 1.96. The Morgan fingerprint density at radius 3 is 2.78 bits per heavy atom. The van der Waals surface area contributed by atoms with Crippen molar-refractivity contribution in [2.45, 2.75) is 38.3 Å². The van der Waals surface area contributed by atoms with E-state index in [1.165, 1.54) is 6.07 Å². The average Bonchev–Trinajstić information content (AvgIpc) is 2.53. The van der Waals surface area contributed by atoms with E-state index in [1.807, 2.05) is 4.90 Å². The summed E-state index contributed by atoms with van der Waals surface area (Å²) in [4.78, 5) is 13.7. The SMILES string of the molecule is C=CCC(=O)N1CCCC(CCc2ccccc2C(F)(F)F)C1. The molecule has 0 radical (unpaired) electrons. The summed E-state index contributed by atoms with van der Waals surface area (Å²) in [5.41, 5.74) is -0.204. The van der Waals surface area contributed by atoms with E-state index in [0.717, 1.165) is 25.5 Å². The number of benzene rings is 1. The molecule has 2 nitrogen and oxygen atoms in total. The van der Waals surface area contributed by atoms with Crippen LogP contribution in [0.1, 0.15) is 36.8 Å². The van der Waals surface area contributed by atoms with Crippen molar-refractivity contribution in [2.75, 3.05) is 13.1 Å². The van der Waals surface area contributed by atoms with Crippen LogP contribution in [0.3, 0.4) is 0 Å². The zero-order valence-corrected chi connectivity index (χ0v) is 13.1. The van der Waals surface area contributed by atoms with Crippen molar-refractivity contribution in [1.82, 2.24) is 4.90 Å². The van der Waals surface area contributed by atoms with Crippen LogP contribution in [0.15, 0.2) is 36.9 Å². The Morgan fingerprint density at radius 2 is 2.09 bits per heavy atom. The lowest BCUT2D eigenvalue weighted by Crippen LogP contribution is -2.39. The molecule has 1 unspecified atom stereocenters. The number of nitrogens with zero attached hydrogens (tertiary/aromatic N) is 1. The Labute approximate surface area is 135 Å². The van der Waals surface area contributed by atoms with Gasteiger partial charge in [0.2, 0.25) is 5.91 Å². The molecule has 1 aliphatic rings. The number of hydrogen-bond donors (Lipinski definition) is 0. The summed E-state index contributed by atoms with van der Waals surface area (Å²) in [6.45, 7) is 4.95. The number of carbonyl (C=O) groups is 1. The predicted octanol–water partition coefficient (Wildman–Crippen LogP) is 4.45. The maximum Gasteiger partial charge on any atom is 0.416 e. The van der Waals surface area contributed by atoms with Crippen molar-refractivity contribution in [3.8, 4) is 0 Å². The molecular weight excluding hydrogens is 303 g/mol. The first kappa shape index (κ1) is 17.6. The number of halogens is 3. The Hall–Kier alpha value is -1.78. The van der Waals surface area contributed by atoms with Crippen LogP contribution >= 0.6 is 0 Å². The van der Waals surface area contributed by atoms with E-state index in [2.05, 4.69) is 6.58 Å². The summed E-state index contributed by atoms with van der Waals surface area (Å²) >= 11 is 0. The van der Waals surface area contributed by atoms with Gasteiger partial charge in [0.1, 0.15) is 0 Å². The molecule has 1 fully saturated rings. The van der Waals surface area contributed by atoms with Crippen LogP contribution < -0.4 is 0 Å². The van der Waals surface area contributed by atoms with E-state index < -0.39 is 11.7 Å². The van der Waals surface area contributed by atoms with Crippen LogP contribution in [0, 0.1) is 5.92 Å². The fourth-order valence-electron chi connectivity index (χ4n) is 3.15. The highest BCUT2D eigenvalue weighted by Crippen LogP contribution is 2.33. The van der Waals surface area contributed by atoms with Crippen molar-refractivity contribution in [3.63, 3.8) is 0 Å². The summed E-state index contributed by atoms with van der Waals surface area (Å²) < 4.78 is 39.0. The van der Waals surface area contributed by atoms with Crippen molar-refractivity contribution < 1.29 is 18.0 Å². The number of carbonyl (C=O) groups excluding carboxylic acids is 1. The zero-order valence-electron chi connectivity index (χ0n) is 13.1. The first-order valence-electron chi connectivity index (χ1n) is 7.95. The second-order valence-electron chi connectivity index (χ2n) is 6.03. The molecule has 5 heteroatoms. The van der Waals surface area contributed by atoms with Crippen LogP contribution in [-0.2, 0) is 17.4 Å². The van der Waals surface area contributed by atoms with Gasteiger partial charge >= 0.3 is 6.18 Å². The lowest BCUT2D eigenvalue weighted by atomic mass is 9.90. The monoisotopic (exact) mass is 325 g/mol. The zero-order chi connectivity index (χ0) is 16.9. The van der Waals surface area contributed by atoms with E-state index in [-0.39, 0.29) is 11.8 Å². The van der Waals surface area contributed by atoms with Crippen molar-refractivity contribution in [3.05, 3.63) is 48.0 Å². The van der Waals surface area contributed by atoms with E-state index in [4.69, 9.17) is 0 Å². The number of piperidine rings is 1. The molecule has 2 rings (SSSR count). The molecule has 1 amide bonds. The van der Waals surface area contributed by atoms with Crippen LogP contribution in [-0.4, -0.2) is 23.9 Å². The lowest BCUT2D eigenvalue weighted by molar-refractivity contribution is -0.138. The molecule has 1 aromatic rings. The van der Waals surface area contributed by atoms with Gasteiger partial charge in [0.25, 0.3) is 0 Å². The molecule has 1 heterocycles. The number of amides is 1. The summed E-state index contributed by atoms with van der Waals surface area (Å²) in [7, 11) is 0. The third kappa shape index (κ3) is 4.85. The van der Waals surface area contributed by atoms with E-state index in [1.54, 1.807) is 18.2 Å². The molecule has 0 aliphatic carbocycles. The fraction of sp³-hybridized carbons (Fsp3) is 0.500. The minimum atomic E-state index is -4.31. The van der Waals surface area contributed by atoms with Crippen molar-refractivity contribution >= 4 is 5.91 Å². The predicted molar refractivity (Wildman–Crippen MR) is 83.9 cm³/mol. The first-order valence-corrected chi connectivity index (χ1v) is 7.95. The molecule has 0 saturated carbocycles. The number of aryl methyl sites for hydroxylation is 1. The molecule has 126 valence electrons. The quantitative estimate of drug-likeness (QED) is 0.732. The Kier molecular flexibility index (Phi) is 5.85. The van der Waals surface area contributed by atoms with Gasteiger partial charge < -0.3 is 4.90 Å². The van der Waals surface area contributed by atoms with Crippen LogP contribution in [0.25, 0.3) is 0 Å². The molecular formula is C18H22F3NO. The third-order valence-corrected chi connectivity index (χ3v) is 4.34. The fourth-order valence-corrected chi connectivity index (χ4v) is 3.15. The summed E-state index contributed by atoms with van der Waals surface area (Å²) in [5, 5.41) is 0. The van der Waals surface area contributed by atoms with Gasteiger partial charge in [0.15, 0.2) is 0 Å².